The van der Waals surface area contributed by atoms with Crippen molar-refractivity contribution < 1.29 is 4.74 Å². The molecule has 0 aliphatic heterocycles. The van der Waals surface area contributed by atoms with Gasteiger partial charge in [-0.2, -0.15) is 0 Å². The van der Waals surface area contributed by atoms with Crippen molar-refractivity contribution in [3.05, 3.63) is 29.8 Å². The number of rotatable bonds is 8. The van der Waals surface area contributed by atoms with Crippen LogP contribution < -0.4 is 15.8 Å². The Kier molecular flexibility index (Phi) is 11.1. The van der Waals surface area contributed by atoms with E-state index in [1.807, 2.05) is 12.1 Å². The fourth-order valence-electron chi connectivity index (χ4n) is 1.96. The number of hydrogen-bond acceptors (Lipinski definition) is 2. The maximum Gasteiger partial charge on any atom is 0.188 e. The third-order valence-corrected chi connectivity index (χ3v) is 3.55. The molecule has 0 spiro atoms. The molecule has 4 nitrogen and oxygen atoms in total. The molecule has 0 unspecified atom stereocenters. The fourth-order valence-corrected chi connectivity index (χ4v) is 1.96. The van der Waals surface area contributed by atoms with Gasteiger partial charge in [-0.05, 0) is 30.0 Å². The van der Waals surface area contributed by atoms with E-state index < -0.39 is 0 Å². The number of nitrogens with one attached hydrogen (secondary N) is 1. The van der Waals surface area contributed by atoms with Crippen molar-refractivity contribution in [3.8, 4) is 5.75 Å². The van der Waals surface area contributed by atoms with Gasteiger partial charge in [0.25, 0.3) is 0 Å². The maximum atomic E-state index is 5.86. The summed E-state index contributed by atoms with van der Waals surface area (Å²) >= 11 is 0. The number of hydrogen-bond donors (Lipinski definition) is 2. The van der Waals surface area contributed by atoms with E-state index in [1.165, 1.54) is 5.56 Å². The molecular formula is C16H28IN3O. The fraction of sp³-hybridized carbons (Fsp3) is 0.562. The summed E-state index contributed by atoms with van der Waals surface area (Å²) in [4.78, 5) is 4.39. The molecule has 0 saturated heterocycles. The van der Waals surface area contributed by atoms with Crippen molar-refractivity contribution >= 4 is 29.9 Å². The van der Waals surface area contributed by atoms with Gasteiger partial charge in [-0.1, -0.05) is 38.8 Å². The second-order valence-electron chi connectivity index (χ2n) is 4.93. The first-order chi connectivity index (χ1) is 9.69. The van der Waals surface area contributed by atoms with Gasteiger partial charge in [-0.3, -0.25) is 4.99 Å². The van der Waals surface area contributed by atoms with Gasteiger partial charge in [0, 0.05) is 13.1 Å². The van der Waals surface area contributed by atoms with Gasteiger partial charge >= 0.3 is 0 Å². The highest BCUT2D eigenvalue weighted by molar-refractivity contribution is 14.0. The Bertz CT molecular complexity index is 402. The van der Waals surface area contributed by atoms with Gasteiger partial charge in [-0.25, -0.2) is 0 Å². The molecule has 21 heavy (non-hydrogen) atoms. The van der Waals surface area contributed by atoms with Gasteiger partial charge < -0.3 is 15.8 Å². The van der Waals surface area contributed by atoms with E-state index in [0.29, 0.717) is 11.9 Å². The number of halogens is 1. The van der Waals surface area contributed by atoms with Crippen molar-refractivity contribution in [2.75, 3.05) is 20.2 Å². The molecule has 0 saturated carbocycles. The summed E-state index contributed by atoms with van der Waals surface area (Å²) in [7, 11) is 1.67. The quantitative estimate of drug-likeness (QED) is 0.397. The normalized spacial score (nSPS) is 11.1. The summed E-state index contributed by atoms with van der Waals surface area (Å²) in [6.45, 7) is 5.99. The average molecular weight is 405 g/mol. The van der Waals surface area contributed by atoms with Crippen LogP contribution in [0, 0.1) is 5.92 Å². The Hall–Kier alpha value is -0.980. The topological polar surface area (TPSA) is 59.6 Å². The van der Waals surface area contributed by atoms with E-state index in [-0.39, 0.29) is 24.0 Å². The maximum absolute atomic E-state index is 5.86. The molecule has 120 valence electrons. The predicted molar refractivity (Wildman–Crippen MR) is 101 cm³/mol. The Labute approximate surface area is 145 Å². The van der Waals surface area contributed by atoms with Crippen LogP contribution in [0.15, 0.2) is 29.3 Å². The predicted octanol–water partition coefficient (Wildman–Crippen LogP) is 3.20. The smallest absolute Gasteiger partial charge is 0.188 e. The van der Waals surface area contributed by atoms with E-state index in [2.05, 4.69) is 36.3 Å². The second-order valence-corrected chi connectivity index (χ2v) is 4.93. The molecule has 1 aromatic carbocycles. The zero-order valence-corrected chi connectivity index (χ0v) is 15.6. The minimum atomic E-state index is 0. The van der Waals surface area contributed by atoms with Gasteiger partial charge in [0.1, 0.15) is 5.75 Å². The van der Waals surface area contributed by atoms with E-state index in [9.17, 15) is 0 Å². The van der Waals surface area contributed by atoms with Crippen LogP contribution in [-0.4, -0.2) is 26.2 Å². The first kappa shape index (κ1) is 20.0. The summed E-state index contributed by atoms with van der Waals surface area (Å²) in [6.07, 6.45) is 3.23. The van der Waals surface area contributed by atoms with Crippen molar-refractivity contribution in [3.63, 3.8) is 0 Å². The summed E-state index contributed by atoms with van der Waals surface area (Å²) in [5.74, 6) is 2.07. The van der Waals surface area contributed by atoms with E-state index in [4.69, 9.17) is 10.5 Å². The van der Waals surface area contributed by atoms with Crippen molar-refractivity contribution in [1.29, 1.82) is 0 Å². The number of nitrogens with two attached hydrogens (primary N) is 1. The Morgan fingerprint density at radius 1 is 1.24 bits per heavy atom. The summed E-state index contributed by atoms with van der Waals surface area (Å²) in [5, 5.41) is 3.16. The van der Waals surface area contributed by atoms with Gasteiger partial charge in [0.05, 0.1) is 7.11 Å². The molecule has 0 heterocycles. The molecule has 0 atom stereocenters. The Morgan fingerprint density at radius 3 is 2.38 bits per heavy atom. The van der Waals surface area contributed by atoms with E-state index in [1.54, 1.807) is 7.11 Å². The highest BCUT2D eigenvalue weighted by Gasteiger charge is 2.02. The number of nitrogens with zero attached hydrogens (tertiary/aromatic N) is 1. The van der Waals surface area contributed by atoms with Crippen molar-refractivity contribution in [2.24, 2.45) is 16.6 Å². The van der Waals surface area contributed by atoms with Gasteiger partial charge in [-0.15, -0.1) is 24.0 Å². The number of ether oxygens (including phenoxy) is 1. The molecule has 0 aliphatic carbocycles. The molecule has 0 aromatic heterocycles. The van der Waals surface area contributed by atoms with Crippen molar-refractivity contribution in [1.82, 2.24) is 5.32 Å². The molecular weight excluding hydrogens is 377 g/mol. The molecule has 1 aromatic rings. The second kappa shape index (κ2) is 11.7. The monoisotopic (exact) mass is 405 g/mol. The van der Waals surface area contributed by atoms with Crippen LogP contribution in [0.1, 0.15) is 32.3 Å². The summed E-state index contributed by atoms with van der Waals surface area (Å²) in [5.41, 5.74) is 7.12. The lowest BCUT2D eigenvalue weighted by Gasteiger charge is -2.10. The van der Waals surface area contributed by atoms with E-state index in [0.717, 1.165) is 38.1 Å². The van der Waals surface area contributed by atoms with Crippen LogP contribution in [0.5, 0.6) is 5.75 Å². The largest absolute Gasteiger partial charge is 0.497 e. The molecule has 3 N–H and O–H groups in total. The number of benzene rings is 1. The number of guanidine groups is 1. The van der Waals surface area contributed by atoms with Crippen LogP contribution in [0.3, 0.4) is 0 Å². The molecule has 0 amide bonds. The Balaban J connectivity index is 0.00000400. The molecule has 1 rings (SSSR count). The zero-order chi connectivity index (χ0) is 14.8. The molecule has 0 fully saturated rings. The zero-order valence-electron chi connectivity index (χ0n) is 13.3. The lowest BCUT2D eigenvalue weighted by Crippen LogP contribution is -2.33. The van der Waals surface area contributed by atoms with Crippen LogP contribution in [-0.2, 0) is 6.42 Å². The van der Waals surface area contributed by atoms with Crippen LogP contribution in [0.2, 0.25) is 0 Å². The molecule has 0 aliphatic rings. The van der Waals surface area contributed by atoms with E-state index >= 15 is 0 Å². The SMILES string of the molecule is CCC(CC)CN=C(N)NCCc1ccc(OC)cc1.I. The lowest BCUT2D eigenvalue weighted by atomic mass is 10.0. The molecule has 0 radical (unpaired) electrons. The third-order valence-electron chi connectivity index (χ3n) is 3.55. The number of methoxy groups -OCH3 is 1. The summed E-state index contributed by atoms with van der Waals surface area (Å²) in [6, 6.07) is 8.08. The first-order valence-corrected chi connectivity index (χ1v) is 7.36. The average Bonchev–Trinajstić information content (AvgIpc) is 2.49. The highest BCUT2D eigenvalue weighted by Crippen LogP contribution is 2.11. The minimum Gasteiger partial charge on any atom is -0.497 e. The minimum absolute atomic E-state index is 0. The number of aliphatic imine (C=N–C) groups is 1. The lowest BCUT2D eigenvalue weighted by molar-refractivity contribution is 0.414. The Morgan fingerprint density at radius 2 is 1.86 bits per heavy atom. The van der Waals surface area contributed by atoms with Gasteiger partial charge in [0.2, 0.25) is 0 Å². The molecule has 0 bridgehead atoms. The van der Waals surface area contributed by atoms with Crippen LogP contribution >= 0.6 is 24.0 Å². The first-order valence-electron chi connectivity index (χ1n) is 7.36. The van der Waals surface area contributed by atoms with Crippen LogP contribution in [0.25, 0.3) is 0 Å². The highest BCUT2D eigenvalue weighted by atomic mass is 127. The van der Waals surface area contributed by atoms with Gasteiger partial charge in [0.15, 0.2) is 5.96 Å². The summed E-state index contributed by atoms with van der Waals surface area (Å²) < 4.78 is 5.13. The van der Waals surface area contributed by atoms with Crippen molar-refractivity contribution in [2.45, 2.75) is 33.1 Å². The molecule has 5 heteroatoms. The standard InChI is InChI=1S/C16H27N3O.HI/c1-4-13(5-2)12-19-16(17)18-11-10-14-6-8-15(20-3)9-7-14;/h6-9,13H,4-5,10-12H2,1-3H3,(H3,17,18,19);1H. The third kappa shape index (κ3) is 8.14. The van der Waals surface area contributed by atoms with Crippen LogP contribution in [0.4, 0.5) is 0 Å².